The van der Waals surface area contributed by atoms with Gasteiger partial charge in [0.25, 0.3) is 0 Å². The Morgan fingerprint density at radius 1 is 1.04 bits per heavy atom. The molecule has 0 spiro atoms. The molecule has 0 atom stereocenters. The predicted molar refractivity (Wildman–Crippen MR) is 91.2 cm³/mol. The minimum atomic E-state index is -0.368. The maximum atomic E-state index is 13.9. The van der Waals surface area contributed by atoms with Crippen LogP contribution in [0.3, 0.4) is 0 Å². The molecule has 0 fully saturated rings. The van der Waals surface area contributed by atoms with Gasteiger partial charge in [0.2, 0.25) is 5.91 Å². The monoisotopic (exact) mass is 323 g/mol. The van der Waals surface area contributed by atoms with E-state index in [-0.39, 0.29) is 18.1 Å². The summed E-state index contributed by atoms with van der Waals surface area (Å²) in [5, 5.41) is 0. The van der Waals surface area contributed by atoms with Gasteiger partial charge in [0.05, 0.1) is 19.2 Å². The van der Waals surface area contributed by atoms with E-state index in [9.17, 15) is 9.18 Å². The van der Waals surface area contributed by atoms with Crippen LogP contribution in [-0.4, -0.2) is 5.91 Å². The van der Waals surface area contributed by atoms with E-state index in [1.54, 1.807) is 35.4 Å². The van der Waals surface area contributed by atoms with Crippen LogP contribution in [0.4, 0.5) is 10.1 Å². The summed E-state index contributed by atoms with van der Waals surface area (Å²) in [5.74, 6) is 0.130. The first-order chi connectivity index (χ1) is 11.6. The predicted octanol–water partition coefficient (Wildman–Crippen LogP) is 4.50. The number of carbonyl (C=O) groups is 1. The first-order valence-electron chi connectivity index (χ1n) is 7.76. The second kappa shape index (κ2) is 7.13. The van der Waals surface area contributed by atoms with Crippen LogP contribution in [0.15, 0.2) is 71.3 Å². The molecule has 0 aliphatic rings. The number of benzene rings is 2. The van der Waals surface area contributed by atoms with E-state index in [2.05, 4.69) is 0 Å². The topological polar surface area (TPSA) is 33.5 Å². The molecule has 2 aromatic carbocycles. The summed E-state index contributed by atoms with van der Waals surface area (Å²) < 4.78 is 19.2. The van der Waals surface area contributed by atoms with Gasteiger partial charge in [-0.3, -0.25) is 4.79 Å². The molecule has 3 rings (SSSR count). The van der Waals surface area contributed by atoms with E-state index in [0.717, 1.165) is 11.3 Å². The summed E-state index contributed by atoms with van der Waals surface area (Å²) in [4.78, 5) is 14.4. The molecule has 0 N–H and O–H groups in total. The molecule has 1 heterocycles. The van der Waals surface area contributed by atoms with Crippen LogP contribution in [0.5, 0.6) is 0 Å². The van der Waals surface area contributed by atoms with Crippen molar-refractivity contribution in [3.63, 3.8) is 0 Å². The lowest BCUT2D eigenvalue weighted by Gasteiger charge is -2.22. The number of furan rings is 1. The normalized spacial score (nSPS) is 10.6. The lowest BCUT2D eigenvalue weighted by molar-refractivity contribution is -0.118. The van der Waals surface area contributed by atoms with Crippen LogP contribution < -0.4 is 4.90 Å². The fraction of sp³-hybridized carbons (Fsp3) is 0.150. The SMILES string of the molecule is Cc1ccc(N(Cc2ccco2)C(=O)Cc2ccccc2F)cc1. The molecule has 1 amide bonds. The van der Waals surface area contributed by atoms with Crippen molar-refractivity contribution >= 4 is 11.6 Å². The molecule has 0 unspecified atom stereocenters. The molecule has 3 nitrogen and oxygen atoms in total. The molecule has 24 heavy (non-hydrogen) atoms. The summed E-state index contributed by atoms with van der Waals surface area (Å²) in [5.41, 5.74) is 2.26. The van der Waals surface area contributed by atoms with Crippen molar-refractivity contribution in [3.8, 4) is 0 Å². The lowest BCUT2D eigenvalue weighted by atomic mass is 10.1. The van der Waals surface area contributed by atoms with Crippen molar-refractivity contribution < 1.29 is 13.6 Å². The molecule has 122 valence electrons. The van der Waals surface area contributed by atoms with Crippen LogP contribution in [0.1, 0.15) is 16.9 Å². The summed E-state index contributed by atoms with van der Waals surface area (Å²) >= 11 is 0. The minimum absolute atomic E-state index is 0.00125. The fourth-order valence-electron chi connectivity index (χ4n) is 2.51. The Kier molecular flexibility index (Phi) is 4.75. The Balaban J connectivity index is 1.87. The van der Waals surface area contributed by atoms with Crippen molar-refractivity contribution in [3.05, 3.63) is 89.6 Å². The highest BCUT2D eigenvalue weighted by Crippen LogP contribution is 2.20. The molecule has 4 heteroatoms. The van der Waals surface area contributed by atoms with Crippen molar-refractivity contribution in [1.29, 1.82) is 0 Å². The van der Waals surface area contributed by atoms with Crippen LogP contribution in [0.2, 0.25) is 0 Å². The quantitative estimate of drug-likeness (QED) is 0.692. The van der Waals surface area contributed by atoms with E-state index in [0.29, 0.717) is 17.9 Å². The largest absolute Gasteiger partial charge is 0.467 e. The molecular formula is C20H18FNO2. The van der Waals surface area contributed by atoms with Gasteiger partial charge in [-0.1, -0.05) is 35.9 Å². The molecule has 3 aromatic rings. The van der Waals surface area contributed by atoms with Gasteiger partial charge in [0.1, 0.15) is 11.6 Å². The van der Waals surface area contributed by atoms with Crippen molar-refractivity contribution in [2.45, 2.75) is 19.9 Å². The number of carbonyl (C=O) groups excluding carboxylic acids is 1. The first-order valence-corrected chi connectivity index (χ1v) is 7.76. The number of hydrogen-bond donors (Lipinski definition) is 0. The Morgan fingerprint density at radius 3 is 2.46 bits per heavy atom. The van der Waals surface area contributed by atoms with E-state index in [1.807, 2.05) is 37.3 Å². The molecule has 0 radical (unpaired) electrons. The maximum Gasteiger partial charge on any atom is 0.231 e. The second-order valence-corrected chi connectivity index (χ2v) is 5.66. The number of rotatable bonds is 5. The second-order valence-electron chi connectivity index (χ2n) is 5.66. The zero-order valence-electron chi connectivity index (χ0n) is 13.4. The van der Waals surface area contributed by atoms with Gasteiger partial charge < -0.3 is 9.32 Å². The molecular weight excluding hydrogens is 305 g/mol. The number of anilines is 1. The third-order valence-corrected chi connectivity index (χ3v) is 3.84. The van der Waals surface area contributed by atoms with Crippen LogP contribution in [0.25, 0.3) is 0 Å². The van der Waals surface area contributed by atoms with Crippen LogP contribution in [-0.2, 0) is 17.8 Å². The highest BCUT2D eigenvalue weighted by molar-refractivity contribution is 5.94. The van der Waals surface area contributed by atoms with Crippen LogP contribution in [0, 0.1) is 12.7 Å². The Morgan fingerprint density at radius 2 is 1.79 bits per heavy atom. The molecule has 0 aliphatic heterocycles. The van der Waals surface area contributed by atoms with Gasteiger partial charge in [0.15, 0.2) is 0 Å². The van der Waals surface area contributed by atoms with Gasteiger partial charge in [-0.05, 0) is 42.8 Å². The average Bonchev–Trinajstić information content (AvgIpc) is 3.09. The van der Waals surface area contributed by atoms with Crippen LogP contribution >= 0.6 is 0 Å². The third-order valence-electron chi connectivity index (χ3n) is 3.84. The van der Waals surface area contributed by atoms with Crippen molar-refractivity contribution in [2.24, 2.45) is 0 Å². The Labute approximate surface area is 140 Å². The van der Waals surface area contributed by atoms with Crippen molar-refractivity contribution in [1.82, 2.24) is 0 Å². The van der Waals surface area contributed by atoms with Gasteiger partial charge in [-0.2, -0.15) is 0 Å². The highest BCUT2D eigenvalue weighted by Gasteiger charge is 2.19. The summed E-state index contributed by atoms with van der Waals surface area (Å²) in [7, 11) is 0. The van der Waals surface area contributed by atoms with E-state index < -0.39 is 0 Å². The first kappa shape index (κ1) is 16.0. The molecule has 1 aromatic heterocycles. The summed E-state index contributed by atoms with van der Waals surface area (Å²) in [6.45, 7) is 2.30. The number of aryl methyl sites for hydroxylation is 1. The zero-order valence-corrected chi connectivity index (χ0v) is 13.4. The highest BCUT2D eigenvalue weighted by atomic mass is 19.1. The standard InChI is InChI=1S/C20H18FNO2/c1-15-8-10-17(11-9-15)22(14-18-6-4-12-24-18)20(23)13-16-5-2-3-7-19(16)21/h2-12H,13-14H2,1H3. The molecule has 0 aliphatic carbocycles. The smallest absolute Gasteiger partial charge is 0.231 e. The molecule has 0 saturated carbocycles. The Hall–Kier alpha value is -2.88. The van der Waals surface area contributed by atoms with Gasteiger partial charge in [0, 0.05) is 5.69 Å². The summed E-state index contributed by atoms with van der Waals surface area (Å²) in [6.07, 6.45) is 1.57. The molecule has 0 bridgehead atoms. The average molecular weight is 323 g/mol. The molecule has 0 saturated heterocycles. The zero-order chi connectivity index (χ0) is 16.9. The number of halogens is 1. The maximum absolute atomic E-state index is 13.9. The van der Waals surface area contributed by atoms with Gasteiger partial charge in [-0.25, -0.2) is 4.39 Å². The van der Waals surface area contributed by atoms with Gasteiger partial charge in [-0.15, -0.1) is 0 Å². The fourth-order valence-corrected chi connectivity index (χ4v) is 2.51. The Bertz CT molecular complexity index is 810. The lowest BCUT2D eigenvalue weighted by Crippen LogP contribution is -2.31. The number of hydrogen-bond acceptors (Lipinski definition) is 2. The minimum Gasteiger partial charge on any atom is -0.467 e. The van der Waals surface area contributed by atoms with E-state index in [4.69, 9.17) is 4.42 Å². The summed E-state index contributed by atoms with van der Waals surface area (Å²) in [6, 6.07) is 17.6. The third kappa shape index (κ3) is 3.71. The van der Waals surface area contributed by atoms with Gasteiger partial charge >= 0.3 is 0 Å². The van der Waals surface area contributed by atoms with Crippen molar-refractivity contribution in [2.75, 3.05) is 4.90 Å². The number of nitrogens with zero attached hydrogens (tertiary/aromatic N) is 1. The number of amides is 1. The van der Waals surface area contributed by atoms with E-state index >= 15 is 0 Å². The van der Waals surface area contributed by atoms with E-state index in [1.165, 1.54) is 6.07 Å².